The summed E-state index contributed by atoms with van der Waals surface area (Å²) in [6.07, 6.45) is 4.36. The van der Waals surface area contributed by atoms with Gasteiger partial charge in [-0.15, -0.1) is 0 Å². The smallest absolute Gasteiger partial charge is 0.414 e. The molecule has 1 amide bonds. The van der Waals surface area contributed by atoms with Crippen molar-refractivity contribution in [2.24, 2.45) is 0 Å². The lowest BCUT2D eigenvalue weighted by Gasteiger charge is -2.18. The van der Waals surface area contributed by atoms with Gasteiger partial charge in [0.2, 0.25) is 0 Å². The fourth-order valence-corrected chi connectivity index (χ4v) is 3.08. The van der Waals surface area contributed by atoms with Gasteiger partial charge in [0.25, 0.3) is 0 Å². The van der Waals surface area contributed by atoms with Crippen LogP contribution in [0.3, 0.4) is 0 Å². The molecule has 3 aromatic rings. The van der Waals surface area contributed by atoms with Crippen molar-refractivity contribution in [3.8, 4) is 5.75 Å². The van der Waals surface area contributed by atoms with Gasteiger partial charge in [0.05, 0.1) is 0 Å². The largest absolute Gasteiger partial charge is 0.480 e. The Morgan fingerprint density at radius 1 is 1.03 bits per heavy atom. The zero-order valence-electron chi connectivity index (χ0n) is 18.1. The molecule has 32 heavy (non-hydrogen) atoms. The van der Waals surface area contributed by atoms with Gasteiger partial charge in [-0.2, -0.15) is 0 Å². The molecule has 0 saturated heterocycles. The number of nitrogens with one attached hydrogen (secondary N) is 1. The molecule has 1 heterocycles. The van der Waals surface area contributed by atoms with E-state index in [1.165, 1.54) is 16.8 Å². The number of hydrogen-bond acceptors (Lipinski definition) is 6. The maximum atomic E-state index is 11.9. The number of aliphatic carboxylic acids is 1. The summed E-state index contributed by atoms with van der Waals surface area (Å²) in [5.41, 5.74) is 2.83. The van der Waals surface area contributed by atoms with E-state index in [4.69, 9.17) is 4.74 Å². The number of aryl methyl sites for hydroxylation is 2. The summed E-state index contributed by atoms with van der Waals surface area (Å²) < 4.78 is 5.20. The van der Waals surface area contributed by atoms with Crippen LogP contribution in [0.5, 0.6) is 5.75 Å². The third-order valence-electron chi connectivity index (χ3n) is 4.86. The number of anilines is 1. The molecule has 3 rings (SSSR count). The molecule has 2 N–H and O–H groups in total. The van der Waals surface area contributed by atoms with Gasteiger partial charge in [0, 0.05) is 32.3 Å². The molecule has 166 valence electrons. The van der Waals surface area contributed by atoms with Crippen LogP contribution >= 0.6 is 0 Å². The molecule has 1 atom stereocenters. The lowest BCUT2D eigenvalue weighted by molar-refractivity contribution is -0.137. The minimum absolute atomic E-state index is 0.235. The monoisotopic (exact) mass is 434 g/mol. The number of hydrogen-bond donors (Lipinski definition) is 2. The highest BCUT2D eigenvalue weighted by atomic mass is 16.6. The van der Waals surface area contributed by atoms with Crippen molar-refractivity contribution in [1.29, 1.82) is 0 Å². The molecular weight excluding hydrogens is 408 g/mol. The van der Waals surface area contributed by atoms with Gasteiger partial charge in [0.15, 0.2) is 0 Å². The minimum Gasteiger partial charge on any atom is -0.480 e. The number of carbonyl (C=O) groups excluding carboxylic acids is 1. The molecule has 0 unspecified atom stereocenters. The van der Waals surface area contributed by atoms with Crippen LogP contribution in [0, 0.1) is 0 Å². The summed E-state index contributed by atoms with van der Waals surface area (Å²) in [6, 6.07) is 15.9. The van der Waals surface area contributed by atoms with Gasteiger partial charge in [-0.1, -0.05) is 42.5 Å². The van der Waals surface area contributed by atoms with E-state index in [1.807, 2.05) is 18.2 Å². The highest BCUT2D eigenvalue weighted by molar-refractivity contribution is 5.77. The number of benzene rings is 2. The zero-order valence-corrected chi connectivity index (χ0v) is 18.1. The van der Waals surface area contributed by atoms with E-state index in [9.17, 15) is 14.7 Å². The second-order valence-corrected chi connectivity index (χ2v) is 7.53. The number of carbonyl (C=O) groups is 2. The second kappa shape index (κ2) is 10.9. The Kier molecular flexibility index (Phi) is 7.75. The average Bonchev–Trinajstić information content (AvgIpc) is 2.79. The van der Waals surface area contributed by atoms with Crippen LogP contribution in [-0.4, -0.2) is 52.2 Å². The molecular formula is C24H26N4O4. The minimum atomic E-state index is -0.985. The van der Waals surface area contributed by atoms with Gasteiger partial charge < -0.3 is 20.1 Å². The van der Waals surface area contributed by atoms with Gasteiger partial charge >= 0.3 is 12.1 Å². The van der Waals surface area contributed by atoms with Crippen LogP contribution in [-0.2, 0) is 24.1 Å². The fourth-order valence-electron chi connectivity index (χ4n) is 3.08. The van der Waals surface area contributed by atoms with E-state index in [0.717, 1.165) is 17.5 Å². The summed E-state index contributed by atoms with van der Waals surface area (Å²) in [5.74, 6) is -0.0770. The van der Waals surface area contributed by atoms with E-state index in [2.05, 4.69) is 27.4 Å². The molecule has 1 aromatic heterocycles. The standard InChI is InChI=1S/C24H26N4O4/c1-28(2)24(31)32-20-12-9-18(10-13-20)14-21(23(29)30)27-22-19(15-25-16-26-22)11-8-17-6-4-3-5-7-17/h3-7,9-10,12-13,15-16,21H,8,11,14H2,1-2H3,(H,29,30)(H,25,26,27)/t21-/m0/s1. The Morgan fingerprint density at radius 2 is 1.75 bits per heavy atom. The SMILES string of the molecule is CN(C)C(=O)Oc1ccc(C[C@H](Nc2ncncc2CCc2ccccc2)C(=O)O)cc1. The molecule has 0 spiro atoms. The maximum Gasteiger partial charge on any atom is 0.414 e. The lowest BCUT2D eigenvalue weighted by Crippen LogP contribution is -2.32. The molecule has 0 aliphatic heterocycles. The Bertz CT molecular complexity index is 1040. The Morgan fingerprint density at radius 3 is 2.41 bits per heavy atom. The van der Waals surface area contributed by atoms with Crippen LogP contribution in [0.25, 0.3) is 0 Å². The van der Waals surface area contributed by atoms with Crippen molar-refractivity contribution in [1.82, 2.24) is 14.9 Å². The van der Waals surface area contributed by atoms with Crippen LogP contribution in [0.2, 0.25) is 0 Å². The number of carboxylic acids is 1. The van der Waals surface area contributed by atoms with Crippen molar-refractivity contribution < 1.29 is 19.4 Å². The molecule has 0 fully saturated rings. The molecule has 8 heteroatoms. The predicted molar refractivity (Wildman–Crippen MR) is 121 cm³/mol. The molecule has 2 aromatic carbocycles. The fraction of sp³-hybridized carbons (Fsp3) is 0.250. The summed E-state index contributed by atoms with van der Waals surface area (Å²) in [5, 5.41) is 12.8. The first-order valence-electron chi connectivity index (χ1n) is 10.2. The number of rotatable bonds is 9. The first kappa shape index (κ1) is 22.7. The summed E-state index contributed by atoms with van der Waals surface area (Å²) >= 11 is 0. The Labute approximate surface area is 186 Å². The van der Waals surface area contributed by atoms with Crippen LogP contribution in [0.1, 0.15) is 16.7 Å². The number of nitrogens with zero attached hydrogens (tertiary/aromatic N) is 3. The second-order valence-electron chi connectivity index (χ2n) is 7.53. The zero-order chi connectivity index (χ0) is 22.9. The normalized spacial score (nSPS) is 11.4. The maximum absolute atomic E-state index is 11.9. The van der Waals surface area contributed by atoms with Gasteiger partial charge in [-0.05, 0) is 36.1 Å². The number of amides is 1. The Hall–Kier alpha value is -3.94. The molecule has 0 aliphatic rings. The van der Waals surface area contributed by atoms with Crippen molar-refractivity contribution in [3.63, 3.8) is 0 Å². The summed E-state index contributed by atoms with van der Waals surface area (Å²) in [6.45, 7) is 0. The molecule has 0 bridgehead atoms. The van der Waals surface area contributed by atoms with Gasteiger partial charge in [0.1, 0.15) is 23.9 Å². The van der Waals surface area contributed by atoms with Crippen molar-refractivity contribution in [2.45, 2.75) is 25.3 Å². The quantitative estimate of drug-likeness (QED) is 0.532. The number of carboxylic acid groups (broad SMARTS) is 1. The number of aromatic nitrogens is 2. The molecule has 0 radical (unpaired) electrons. The van der Waals surface area contributed by atoms with Crippen LogP contribution in [0.15, 0.2) is 67.1 Å². The average molecular weight is 434 g/mol. The third kappa shape index (κ3) is 6.53. The van der Waals surface area contributed by atoms with Gasteiger partial charge in [-0.3, -0.25) is 0 Å². The molecule has 0 saturated carbocycles. The lowest BCUT2D eigenvalue weighted by atomic mass is 10.0. The van der Waals surface area contributed by atoms with Gasteiger partial charge in [-0.25, -0.2) is 19.6 Å². The third-order valence-corrected chi connectivity index (χ3v) is 4.86. The van der Waals surface area contributed by atoms with Crippen molar-refractivity contribution in [2.75, 3.05) is 19.4 Å². The predicted octanol–water partition coefficient (Wildman–Crippen LogP) is 3.43. The topological polar surface area (TPSA) is 105 Å². The molecule has 0 aliphatic carbocycles. The van der Waals surface area contributed by atoms with E-state index in [0.29, 0.717) is 18.0 Å². The van der Waals surface area contributed by atoms with E-state index < -0.39 is 18.1 Å². The van der Waals surface area contributed by atoms with Crippen LogP contribution < -0.4 is 10.1 Å². The number of ether oxygens (including phenoxy) is 1. The highest BCUT2D eigenvalue weighted by Gasteiger charge is 2.20. The highest BCUT2D eigenvalue weighted by Crippen LogP contribution is 2.18. The first-order valence-corrected chi connectivity index (χ1v) is 10.2. The first-order chi connectivity index (χ1) is 15.4. The van der Waals surface area contributed by atoms with E-state index in [-0.39, 0.29) is 6.42 Å². The summed E-state index contributed by atoms with van der Waals surface area (Å²) in [7, 11) is 3.20. The van der Waals surface area contributed by atoms with Crippen molar-refractivity contribution >= 4 is 17.9 Å². The van der Waals surface area contributed by atoms with E-state index in [1.54, 1.807) is 44.6 Å². The van der Waals surface area contributed by atoms with Crippen LogP contribution in [0.4, 0.5) is 10.6 Å². The Balaban J connectivity index is 1.67. The molecule has 8 nitrogen and oxygen atoms in total. The van der Waals surface area contributed by atoms with E-state index >= 15 is 0 Å². The van der Waals surface area contributed by atoms with Crippen molar-refractivity contribution in [3.05, 3.63) is 83.8 Å². The summed E-state index contributed by atoms with van der Waals surface area (Å²) in [4.78, 5) is 33.2.